The van der Waals surface area contributed by atoms with Crippen molar-refractivity contribution < 1.29 is 14.3 Å². The molecule has 2 aliphatic rings. The monoisotopic (exact) mass is 373 g/mol. The lowest BCUT2D eigenvalue weighted by molar-refractivity contribution is -0.125. The first-order chi connectivity index (χ1) is 13.3. The molecule has 0 saturated carbocycles. The van der Waals surface area contributed by atoms with E-state index in [0.717, 1.165) is 90.1 Å². The lowest BCUT2D eigenvalue weighted by Gasteiger charge is -2.33. The summed E-state index contributed by atoms with van der Waals surface area (Å²) >= 11 is 0. The molecule has 2 aliphatic heterocycles. The molecule has 1 amide bonds. The maximum Gasteiger partial charge on any atom is 0.223 e. The number of nitrogens with zero attached hydrogens (tertiary/aromatic N) is 2. The van der Waals surface area contributed by atoms with E-state index in [1.165, 1.54) is 0 Å². The predicted molar refractivity (Wildman–Crippen MR) is 106 cm³/mol. The molecule has 1 N–H and O–H groups in total. The number of nitrogens with one attached hydrogen (secondary N) is 1. The number of ether oxygens (including phenoxy) is 1. The van der Waals surface area contributed by atoms with E-state index in [1.54, 1.807) is 0 Å². The minimum Gasteiger partial charge on any atom is -0.379 e. The van der Waals surface area contributed by atoms with Gasteiger partial charge in [-0.15, -0.1) is 0 Å². The van der Waals surface area contributed by atoms with Crippen LogP contribution in [0.25, 0.3) is 0 Å². The number of carbonyl (C=O) groups is 2. The fourth-order valence-corrected chi connectivity index (χ4v) is 3.80. The summed E-state index contributed by atoms with van der Waals surface area (Å²) in [7, 11) is 0. The zero-order valence-corrected chi connectivity index (χ0v) is 16.1. The molecule has 0 aromatic heterocycles. The third-order valence-corrected chi connectivity index (χ3v) is 5.56. The summed E-state index contributed by atoms with van der Waals surface area (Å²) in [6.45, 7) is 7.39. The van der Waals surface area contributed by atoms with E-state index in [4.69, 9.17) is 4.74 Å². The van der Waals surface area contributed by atoms with E-state index in [0.29, 0.717) is 5.56 Å². The molecule has 0 spiro atoms. The van der Waals surface area contributed by atoms with Crippen LogP contribution in [0.15, 0.2) is 24.3 Å². The molecule has 0 radical (unpaired) electrons. The largest absolute Gasteiger partial charge is 0.379 e. The van der Waals surface area contributed by atoms with Crippen LogP contribution in [0, 0.1) is 5.92 Å². The minimum absolute atomic E-state index is 0.120. The molecule has 148 valence electrons. The normalized spacial score (nSPS) is 19.0. The Bertz CT molecular complexity index is 591. The van der Waals surface area contributed by atoms with Gasteiger partial charge >= 0.3 is 0 Å². The van der Waals surface area contributed by atoms with Gasteiger partial charge in [-0.1, -0.05) is 0 Å². The Kier molecular flexibility index (Phi) is 7.66. The van der Waals surface area contributed by atoms with Gasteiger partial charge in [0, 0.05) is 49.9 Å². The number of unbranched alkanes of at least 4 members (excludes halogenated alkanes) is 1. The fraction of sp³-hybridized carbons (Fsp3) is 0.619. The molecule has 6 nitrogen and oxygen atoms in total. The second-order valence-electron chi connectivity index (χ2n) is 7.42. The number of benzene rings is 1. The summed E-state index contributed by atoms with van der Waals surface area (Å²) in [5, 5.41) is 3.12. The highest BCUT2D eigenvalue weighted by Gasteiger charge is 2.24. The van der Waals surface area contributed by atoms with Crippen LogP contribution in [0.4, 0.5) is 5.69 Å². The number of amides is 1. The number of aldehydes is 1. The van der Waals surface area contributed by atoms with Crippen molar-refractivity contribution in [3.63, 3.8) is 0 Å². The summed E-state index contributed by atoms with van der Waals surface area (Å²) < 4.78 is 5.36. The maximum absolute atomic E-state index is 12.4. The van der Waals surface area contributed by atoms with Crippen molar-refractivity contribution in [3.8, 4) is 0 Å². The zero-order chi connectivity index (χ0) is 18.9. The smallest absolute Gasteiger partial charge is 0.223 e. The van der Waals surface area contributed by atoms with Gasteiger partial charge in [-0.2, -0.15) is 0 Å². The van der Waals surface area contributed by atoms with Crippen LogP contribution in [-0.4, -0.2) is 69.6 Å². The van der Waals surface area contributed by atoms with Gasteiger partial charge in [0.25, 0.3) is 0 Å². The molecule has 2 heterocycles. The summed E-state index contributed by atoms with van der Waals surface area (Å²) in [6.07, 6.45) is 4.78. The summed E-state index contributed by atoms with van der Waals surface area (Å²) in [5.74, 6) is 0.326. The molecular formula is C21H31N3O3. The summed E-state index contributed by atoms with van der Waals surface area (Å²) in [4.78, 5) is 27.9. The van der Waals surface area contributed by atoms with Gasteiger partial charge in [0.1, 0.15) is 6.29 Å². The van der Waals surface area contributed by atoms with Gasteiger partial charge in [-0.25, -0.2) is 0 Å². The Balaban J connectivity index is 1.30. The Morgan fingerprint density at radius 2 is 1.78 bits per heavy atom. The SMILES string of the molecule is O=Cc1ccc(N2CCC(C(=O)NCCCCN3CCOCC3)CC2)cc1. The van der Waals surface area contributed by atoms with E-state index in [2.05, 4.69) is 15.1 Å². The Labute approximate surface area is 161 Å². The van der Waals surface area contributed by atoms with Crippen LogP contribution in [0.1, 0.15) is 36.0 Å². The predicted octanol–water partition coefficient (Wildman–Crippen LogP) is 1.94. The maximum atomic E-state index is 12.4. The van der Waals surface area contributed by atoms with E-state index in [1.807, 2.05) is 24.3 Å². The topological polar surface area (TPSA) is 61.9 Å². The summed E-state index contributed by atoms with van der Waals surface area (Å²) in [6, 6.07) is 7.66. The second kappa shape index (κ2) is 10.4. The Morgan fingerprint density at radius 1 is 1.07 bits per heavy atom. The van der Waals surface area contributed by atoms with Gasteiger partial charge in [-0.3, -0.25) is 14.5 Å². The lowest BCUT2D eigenvalue weighted by atomic mass is 9.95. The van der Waals surface area contributed by atoms with Crippen molar-refractivity contribution in [2.75, 3.05) is 57.4 Å². The zero-order valence-electron chi connectivity index (χ0n) is 16.1. The van der Waals surface area contributed by atoms with Crippen LogP contribution >= 0.6 is 0 Å². The van der Waals surface area contributed by atoms with E-state index in [-0.39, 0.29) is 11.8 Å². The highest BCUT2D eigenvalue weighted by Crippen LogP contribution is 2.23. The first-order valence-electron chi connectivity index (χ1n) is 10.1. The second-order valence-corrected chi connectivity index (χ2v) is 7.42. The van der Waals surface area contributed by atoms with Crippen molar-refractivity contribution in [2.24, 2.45) is 5.92 Å². The van der Waals surface area contributed by atoms with E-state index in [9.17, 15) is 9.59 Å². The lowest BCUT2D eigenvalue weighted by Crippen LogP contribution is -2.41. The molecule has 0 atom stereocenters. The number of piperidine rings is 1. The number of carbonyl (C=O) groups excluding carboxylic acids is 2. The van der Waals surface area contributed by atoms with Crippen LogP contribution in [0.3, 0.4) is 0 Å². The molecule has 0 unspecified atom stereocenters. The van der Waals surface area contributed by atoms with Gasteiger partial charge in [0.2, 0.25) is 5.91 Å². The van der Waals surface area contributed by atoms with E-state index < -0.39 is 0 Å². The van der Waals surface area contributed by atoms with Gasteiger partial charge in [0.15, 0.2) is 0 Å². The molecule has 1 aromatic rings. The van der Waals surface area contributed by atoms with Crippen molar-refractivity contribution >= 4 is 17.9 Å². The standard InChI is InChI=1S/C21H31N3O3/c25-17-18-3-5-20(6-4-18)24-11-7-19(8-12-24)21(26)22-9-1-2-10-23-13-15-27-16-14-23/h3-6,17,19H,1-2,7-16H2,(H,22,26). The highest BCUT2D eigenvalue weighted by atomic mass is 16.5. The average molecular weight is 373 g/mol. The van der Waals surface area contributed by atoms with Crippen LogP contribution < -0.4 is 10.2 Å². The number of hydrogen-bond acceptors (Lipinski definition) is 5. The fourth-order valence-electron chi connectivity index (χ4n) is 3.80. The molecule has 2 saturated heterocycles. The Morgan fingerprint density at radius 3 is 2.44 bits per heavy atom. The number of morpholine rings is 1. The molecule has 0 bridgehead atoms. The van der Waals surface area contributed by atoms with Crippen LogP contribution in [0.2, 0.25) is 0 Å². The molecule has 6 heteroatoms. The van der Waals surface area contributed by atoms with Gasteiger partial charge in [0.05, 0.1) is 13.2 Å². The van der Waals surface area contributed by atoms with Crippen molar-refractivity contribution in [3.05, 3.63) is 29.8 Å². The molecule has 0 aliphatic carbocycles. The first-order valence-corrected chi connectivity index (χ1v) is 10.1. The van der Waals surface area contributed by atoms with Crippen molar-refractivity contribution in [1.29, 1.82) is 0 Å². The number of anilines is 1. The molecule has 1 aromatic carbocycles. The molecule has 2 fully saturated rings. The molecular weight excluding hydrogens is 342 g/mol. The number of rotatable bonds is 8. The van der Waals surface area contributed by atoms with Crippen molar-refractivity contribution in [1.82, 2.24) is 10.2 Å². The third-order valence-electron chi connectivity index (χ3n) is 5.56. The minimum atomic E-state index is 0.120. The highest BCUT2D eigenvalue weighted by molar-refractivity contribution is 5.79. The molecule has 27 heavy (non-hydrogen) atoms. The van der Waals surface area contributed by atoms with Gasteiger partial charge < -0.3 is 15.0 Å². The Hall–Kier alpha value is -1.92. The summed E-state index contributed by atoms with van der Waals surface area (Å²) in [5.41, 5.74) is 1.82. The first kappa shape index (κ1) is 19.8. The van der Waals surface area contributed by atoms with Crippen LogP contribution in [-0.2, 0) is 9.53 Å². The van der Waals surface area contributed by atoms with Crippen LogP contribution in [0.5, 0.6) is 0 Å². The average Bonchev–Trinajstić information content (AvgIpc) is 2.74. The van der Waals surface area contributed by atoms with E-state index >= 15 is 0 Å². The number of hydrogen-bond donors (Lipinski definition) is 1. The quantitative estimate of drug-likeness (QED) is 0.557. The van der Waals surface area contributed by atoms with Gasteiger partial charge in [-0.05, 0) is 56.5 Å². The molecule has 3 rings (SSSR count). The van der Waals surface area contributed by atoms with Crippen molar-refractivity contribution in [2.45, 2.75) is 25.7 Å². The third kappa shape index (κ3) is 6.04.